The Balaban J connectivity index is 0.000000605. The molecule has 1 heterocycles. The van der Waals surface area contributed by atoms with Gasteiger partial charge in [0.1, 0.15) is 0 Å². The normalized spacial score (nSPS) is 29.2. The topological polar surface area (TPSA) is 29.3 Å². The molecule has 0 aromatic heterocycles. The van der Waals surface area contributed by atoms with E-state index in [2.05, 4.69) is 4.90 Å². The zero-order chi connectivity index (χ0) is 6.97. The first-order valence-electron chi connectivity index (χ1n) is 4.34. The van der Waals surface area contributed by atoms with Gasteiger partial charge < -0.3 is 10.6 Å². The van der Waals surface area contributed by atoms with Crippen LogP contribution in [0.2, 0.25) is 0 Å². The fourth-order valence-corrected chi connectivity index (χ4v) is 1.83. The van der Waals surface area contributed by atoms with Gasteiger partial charge in [-0.05, 0) is 38.3 Å². The van der Waals surface area contributed by atoms with Crippen LogP contribution in [0, 0.1) is 5.92 Å². The van der Waals surface area contributed by atoms with Crippen molar-refractivity contribution in [3.63, 3.8) is 0 Å². The van der Waals surface area contributed by atoms with Crippen LogP contribution in [0.25, 0.3) is 0 Å². The standard InChI is InChI=1S/C8H16N2.2ClH/c9-5-7-3-4-10(6-7)8-1-2-8;;/h7-8H,1-6,9H2;2*1H. The molecule has 2 aliphatic rings. The number of hydrogen-bond acceptors (Lipinski definition) is 2. The highest BCUT2D eigenvalue weighted by Crippen LogP contribution is 2.31. The minimum Gasteiger partial charge on any atom is -0.330 e. The maximum absolute atomic E-state index is 5.59. The quantitative estimate of drug-likeness (QED) is 0.748. The summed E-state index contributed by atoms with van der Waals surface area (Å²) >= 11 is 0. The summed E-state index contributed by atoms with van der Waals surface area (Å²) < 4.78 is 0. The van der Waals surface area contributed by atoms with Crippen LogP contribution in [0.15, 0.2) is 0 Å². The van der Waals surface area contributed by atoms with Crippen molar-refractivity contribution in [1.82, 2.24) is 4.90 Å². The maximum atomic E-state index is 5.59. The van der Waals surface area contributed by atoms with Gasteiger partial charge in [-0.1, -0.05) is 0 Å². The highest BCUT2D eigenvalue weighted by atomic mass is 35.5. The molecule has 0 aromatic rings. The van der Waals surface area contributed by atoms with Gasteiger partial charge in [0.25, 0.3) is 0 Å². The molecule has 1 saturated carbocycles. The zero-order valence-electron chi connectivity index (χ0n) is 7.24. The van der Waals surface area contributed by atoms with E-state index in [-0.39, 0.29) is 24.8 Å². The first-order chi connectivity index (χ1) is 4.90. The molecular formula is C8H18Cl2N2. The van der Waals surface area contributed by atoms with E-state index in [4.69, 9.17) is 5.73 Å². The fraction of sp³-hybridized carbons (Fsp3) is 1.00. The third kappa shape index (κ3) is 2.77. The van der Waals surface area contributed by atoms with Crippen LogP contribution in [-0.4, -0.2) is 30.6 Å². The number of nitrogens with two attached hydrogens (primary N) is 1. The molecule has 4 heteroatoms. The third-order valence-corrected chi connectivity index (χ3v) is 2.71. The molecule has 2 nitrogen and oxygen atoms in total. The van der Waals surface area contributed by atoms with Crippen molar-refractivity contribution in [3.8, 4) is 0 Å². The first kappa shape index (κ1) is 12.5. The Morgan fingerprint density at radius 3 is 2.25 bits per heavy atom. The van der Waals surface area contributed by atoms with Gasteiger partial charge in [0.15, 0.2) is 0 Å². The van der Waals surface area contributed by atoms with E-state index >= 15 is 0 Å². The maximum Gasteiger partial charge on any atom is 0.00965 e. The average molecular weight is 213 g/mol. The molecule has 0 spiro atoms. The highest BCUT2D eigenvalue weighted by molar-refractivity contribution is 5.85. The Labute approximate surface area is 86.7 Å². The largest absolute Gasteiger partial charge is 0.330 e. The summed E-state index contributed by atoms with van der Waals surface area (Å²) in [7, 11) is 0. The summed E-state index contributed by atoms with van der Waals surface area (Å²) in [5, 5.41) is 0. The summed E-state index contributed by atoms with van der Waals surface area (Å²) in [6.45, 7) is 3.48. The summed E-state index contributed by atoms with van der Waals surface area (Å²) in [6, 6.07) is 0.955. The van der Waals surface area contributed by atoms with Crippen LogP contribution in [0.3, 0.4) is 0 Å². The fourth-order valence-electron chi connectivity index (χ4n) is 1.83. The lowest BCUT2D eigenvalue weighted by molar-refractivity contribution is 0.315. The van der Waals surface area contributed by atoms with Crippen LogP contribution in [-0.2, 0) is 0 Å². The van der Waals surface area contributed by atoms with Gasteiger partial charge in [0.2, 0.25) is 0 Å². The van der Waals surface area contributed by atoms with E-state index in [1.807, 2.05) is 0 Å². The molecule has 0 amide bonds. The van der Waals surface area contributed by atoms with Crippen molar-refractivity contribution in [1.29, 1.82) is 0 Å². The summed E-state index contributed by atoms with van der Waals surface area (Å²) in [6.07, 6.45) is 4.22. The van der Waals surface area contributed by atoms with Crippen LogP contribution in [0.1, 0.15) is 19.3 Å². The van der Waals surface area contributed by atoms with Crippen LogP contribution >= 0.6 is 24.8 Å². The second kappa shape index (κ2) is 5.28. The van der Waals surface area contributed by atoms with Crippen molar-refractivity contribution in [2.24, 2.45) is 11.7 Å². The molecule has 2 fully saturated rings. The smallest absolute Gasteiger partial charge is 0.00965 e. The lowest BCUT2D eigenvalue weighted by atomic mass is 10.1. The molecule has 1 aliphatic carbocycles. The summed E-state index contributed by atoms with van der Waals surface area (Å²) in [5.74, 6) is 0.806. The molecule has 12 heavy (non-hydrogen) atoms. The number of likely N-dealkylation sites (tertiary alicyclic amines) is 1. The Morgan fingerprint density at radius 2 is 1.83 bits per heavy atom. The van der Waals surface area contributed by atoms with Gasteiger partial charge in [-0.2, -0.15) is 0 Å². The summed E-state index contributed by atoms with van der Waals surface area (Å²) in [4.78, 5) is 2.61. The SMILES string of the molecule is Cl.Cl.NCC1CCN(C2CC2)C1. The van der Waals surface area contributed by atoms with Gasteiger partial charge in [-0.15, -0.1) is 24.8 Å². The molecule has 1 saturated heterocycles. The van der Waals surface area contributed by atoms with Crippen LogP contribution in [0.5, 0.6) is 0 Å². The minimum atomic E-state index is 0. The second-order valence-electron chi connectivity index (χ2n) is 3.62. The molecule has 0 radical (unpaired) electrons. The third-order valence-electron chi connectivity index (χ3n) is 2.71. The lowest BCUT2D eigenvalue weighted by Gasteiger charge is -2.13. The van der Waals surface area contributed by atoms with E-state index in [1.54, 1.807) is 0 Å². The van der Waals surface area contributed by atoms with Crippen molar-refractivity contribution < 1.29 is 0 Å². The second-order valence-corrected chi connectivity index (χ2v) is 3.62. The van der Waals surface area contributed by atoms with E-state index in [0.717, 1.165) is 18.5 Å². The predicted molar refractivity (Wildman–Crippen MR) is 56.3 cm³/mol. The van der Waals surface area contributed by atoms with Gasteiger partial charge >= 0.3 is 0 Å². The van der Waals surface area contributed by atoms with Gasteiger partial charge in [0.05, 0.1) is 0 Å². The molecular weight excluding hydrogens is 195 g/mol. The van der Waals surface area contributed by atoms with Crippen LogP contribution < -0.4 is 5.73 Å². The first-order valence-corrected chi connectivity index (χ1v) is 4.34. The van der Waals surface area contributed by atoms with Gasteiger partial charge in [-0.3, -0.25) is 0 Å². The van der Waals surface area contributed by atoms with E-state index < -0.39 is 0 Å². The highest BCUT2D eigenvalue weighted by Gasteiger charge is 2.33. The molecule has 1 aliphatic heterocycles. The van der Waals surface area contributed by atoms with E-state index in [9.17, 15) is 0 Å². The van der Waals surface area contributed by atoms with Crippen molar-refractivity contribution in [2.75, 3.05) is 19.6 Å². The lowest BCUT2D eigenvalue weighted by Crippen LogP contribution is -2.24. The number of nitrogens with zero attached hydrogens (tertiary/aromatic N) is 1. The number of rotatable bonds is 2. The van der Waals surface area contributed by atoms with Crippen molar-refractivity contribution in [3.05, 3.63) is 0 Å². The number of hydrogen-bond donors (Lipinski definition) is 1. The molecule has 0 aromatic carbocycles. The predicted octanol–water partition coefficient (Wildman–Crippen LogP) is 1.27. The molecule has 2 rings (SSSR count). The van der Waals surface area contributed by atoms with Crippen molar-refractivity contribution in [2.45, 2.75) is 25.3 Å². The van der Waals surface area contributed by atoms with Gasteiger partial charge in [-0.25, -0.2) is 0 Å². The minimum absolute atomic E-state index is 0. The summed E-state index contributed by atoms with van der Waals surface area (Å²) in [5.41, 5.74) is 5.59. The Hall–Kier alpha value is 0.500. The van der Waals surface area contributed by atoms with Gasteiger partial charge in [0, 0.05) is 12.6 Å². The number of halogens is 2. The zero-order valence-corrected chi connectivity index (χ0v) is 8.87. The Kier molecular flexibility index (Phi) is 5.50. The molecule has 1 unspecified atom stereocenters. The van der Waals surface area contributed by atoms with E-state index in [1.165, 1.54) is 32.4 Å². The van der Waals surface area contributed by atoms with Crippen molar-refractivity contribution >= 4 is 24.8 Å². The molecule has 1 atom stereocenters. The van der Waals surface area contributed by atoms with Crippen LogP contribution in [0.4, 0.5) is 0 Å². The monoisotopic (exact) mass is 212 g/mol. The molecule has 74 valence electrons. The molecule has 2 N–H and O–H groups in total. The Morgan fingerprint density at radius 1 is 1.17 bits per heavy atom. The Bertz CT molecular complexity index is 128. The average Bonchev–Trinajstić information content (AvgIpc) is 2.70. The van der Waals surface area contributed by atoms with E-state index in [0.29, 0.717) is 0 Å². The molecule has 0 bridgehead atoms.